The van der Waals surface area contributed by atoms with Crippen LogP contribution in [0.25, 0.3) is 32.7 Å². The van der Waals surface area contributed by atoms with Gasteiger partial charge in [0.1, 0.15) is 16.5 Å². The number of aromatic amines is 1. The van der Waals surface area contributed by atoms with Crippen molar-refractivity contribution >= 4 is 31.6 Å². The molecule has 3 N–H and O–H groups in total. The van der Waals surface area contributed by atoms with Crippen molar-refractivity contribution in [3.05, 3.63) is 69.6 Å². The summed E-state index contributed by atoms with van der Waals surface area (Å²) in [6.45, 7) is 1.88. The number of thiophene rings is 1. The van der Waals surface area contributed by atoms with Gasteiger partial charge in [0.05, 0.1) is 10.3 Å². The van der Waals surface area contributed by atoms with Crippen LogP contribution in [0.1, 0.15) is 4.88 Å². The molecule has 6 nitrogen and oxygen atoms in total. The van der Waals surface area contributed by atoms with Gasteiger partial charge < -0.3 is 4.98 Å². The third-order valence-corrected chi connectivity index (χ3v) is 6.26. The molecule has 2 aromatic heterocycles. The van der Waals surface area contributed by atoms with Gasteiger partial charge in [-0.1, -0.05) is 12.1 Å². The fourth-order valence-electron chi connectivity index (χ4n) is 3.02. The molecule has 2 aromatic carbocycles. The van der Waals surface area contributed by atoms with Crippen molar-refractivity contribution in [2.75, 3.05) is 0 Å². The molecule has 0 bridgehead atoms. The van der Waals surface area contributed by atoms with E-state index in [1.807, 2.05) is 6.92 Å². The molecule has 0 saturated carbocycles. The Morgan fingerprint density at radius 1 is 1.04 bits per heavy atom. The number of H-pyrrole nitrogens is 1. The highest BCUT2D eigenvalue weighted by Crippen LogP contribution is 2.36. The molecule has 142 valence electrons. The summed E-state index contributed by atoms with van der Waals surface area (Å²) in [6.07, 6.45) is 0. The third kappa shape index (κ3) is 3.24. The zero-order chi connectivity index (χ0) is 20.1. The summed E-state index contributed by atoms with van der Waals surface area (Å²) in [7, 11) is -3.80. The molecule has 0 unspecified atom stereocenters. The summed E-state index contributed by atoms with van der Waals surface area (Å²) in [5, 5.41) is 5.55. The van der Waals surface area contributed by atoms with Crippen molar-refractivity contribution in [1.82, 2.24) is 9.97 Å². The predicted octanol–water partition coefficient (Wildman–Crippen LogP) is 3.41. The van der Waals surface area contributed by atoms with Crippen LogP contribution in [0.4, 0.5) is 4.39 Å². The van der Waals surface area contributed by atoms with E-state index < -0.39 is 10.0 Å². The summed E-state index contributed by atoms with van der Waals surface area (Å²) in [6, 6.07) is 11.7. The van der Waals surface area contributed by atoms with Gasteiger partial charge in [-0.2, -0.15) is 0 Å². The number of primary sulfonamides is 1. The quantitative estimate of drug-likeness (QED) is 0.535. The first-order valence-corrected chi connectivity index (χ1v) is 10.5. The molecule has 0 fully saturated rings. The zero-order valence-corrected chi connectivity index (χ0v) is 16.2. The Morgan fingerprint density at radius 2 is 1.64 bits per heavy atom. The van der Waals surface area contributed by atoms with Crippen molar-refractivity contribution in [1.29, 1.82) is 0 Å². The lowest BCUT2D eigenvalue weighted by Crippen LogP contribution is -2.12. The number of aryl methyl sites for hydroxylation is 1. The van der Waals surface area contributed by atoms with Crippen LogP contribution in [0.15, 0.2) is 58.2 Å². The van der Waals surface area contributed by atoms with E-state index in [4.69, 9.17) is 5.14 Å². The molecule has 28 heavy (non-hydrogen) atoms. The number of sulfonamides is 1. The molecular weight excluding hydrogens is 401 g/mol. The van der Waals surface area contributed by atoms with Gasteiger partial charge in [-0.15, -0.1) is 11.3 Å². The fraction of sp³-hybridized carbons (Fsp3) is 0.0526. The lowest BCUT2D eigenvalue weighted by molar-refractivity contribution is 0.598. The van der Waals surface area contributed by atoms with E-state index in [1.54, 1.807) is 12.1 Å². The Bertz CT molecular complexity index is 1360. The fourth-order valence-corrected chi connectivity index (χ4v) is 4.58. The number of nitrogens with one attached hydrogen (secondary N) is 1. The van der Waals surface area contributed by atoms with E-state index in [9.17, 15) is 17.6 Å². The number of nitrogens with two attached hydrogens (primary N) is 1. The lowest BCUT2D eigenvalue weighted by atomic mass is 10.0. The Labute approximate surface area is 163 Å². The average Bonchev–Trinajstić information content (AvgIpc) is 2.98. The largest absolute Gasteiger partial charge is 0.306 e. The normalized spacial score (nSPS) is 11.8. The second-order valence-electron chi connectivity index (χ2n) is 6.20. The van der Waals surface area contributed by atoms with E-state index >= 15 is 0 Å². The van der Waals surface area contributed by atoms with Gasteiger partial charge >= 0.3 is 0 Å². The molecule has 0 aliphatic rings. The molecule has 9 heteroatoms. The Morgan fingerprint density at radius 3 is 2.25 bits per heavy atom. The van der Waals surface area contributed by atoms with E-state index in [0.29, 0.717) is 21.6 Å². The predicted molar refractivity (Wildman–Crippen MR) is 107 cm³/mol. The van der Waals surface area contributed by atoms with Gasteiger partial charge in [0.25, 0.3) is 5.56 Å². The number of nitrogens with zero attached hydrogens (tertiary/aromatic N) is 1. The van der Waals surface area contributed by atoms with Gasteiger partial charge in [-0.25, -0.2) is 22.9 Å². The van der Waals surface area contributed by atoms with Crippen LogP contribution in [0.5, 0.6) is 0 Å². The van der Waals surface area contributed by atoms with E-state index in [0.717, 1.165) is 16.0 Å². The highest BCUT2D eigenvalue weighted by atomic mass is 32.2. The lowest BCUT2D eigenvalue weighted by Gasteiger charge is -2.04. The highest BCUT2D eigenvalue weighted by molar-refractivity contribution is 7.89. The van der Waals surface area contributed by atoms with Crippen LogP contribution in [-0.4, -0.2) is 18.4 Å². The van der Waals surface area contributed by atoms with E-state index in [-0.39, 0.29) is 16.3 Å². The molecule has 0 atom stereocenters. The van der Waals surface area contributed by atoms with Gasteiger partial charge in [0, 0.05) is 16.0 Å². The van der Waals surface area contributed by atoms with Crippen molar-refractivity contribution < 1.29 is 12.8 Å². The molecule has 0 aliphatic heterocycles. The smallest absolute Gasteiger partial charge is 0.260 e. The monoisotopic (exact) mass is 415 g/mol. The Hall–Kier alpha value is -2.88. The Balaban J connectivity index is 1.86. The summed E-state index contributed by atoms with van der Waals surface area (Å²) in [4.78, 5) is 21.5. The van der Waals surface area contributed by atoms with Crippen molar-refractivity contribution in [2.24, 2.45) is 5.14 Å². The van der Waals surface area contributed by atoms with Crippen LogP contribution < -0.4 is 10.7 Å². The number of halogens is 1. The maximum absolute atomic E-state index is 13.2. The van der Waals surface area contributed by atoms with Crippen LogP contribution in [-0.2, 0) is 10.0 Å². The molecule has 0 aliphatic carbocycles. The second-order valence-corrected chi connectivity index (χ2v) is 8.97. The van der Waals surface area contributed by atoms with Crippen molar-refractivity contribution in [3.8, 4) is 22.5 Å². The zero-order valence-electron chi connectivity index (χ0n) is 14.6. The topological polar surface area (TPSA) is 106 Å². The van der Waals surface area contributed by atoms with Gasteiger partial charge in [-0.05, 0) is 48.9 Å². The summed E-state index contributed by atoms with van der Waals surface area (Å²) in [5.74, 6) is -0.0245. The van der Waals surface area contributed by atoms with Crippen LogP contribution in [0.2, 0.25) is 0 Å². The number of rotatable bonds is 3. The maximum Gasteiger partial charge on any atom is 0.260 e. The highest BCUT2D eigenvalue weighted by Gasteiger charge is 2.17. The minimum absolute atomic E-state index is 0.0229. The van der Waals surface area contributed by atoms with Crippen molar-refractivity contribution in [3.63, 3.8) is 0 Å². The van der Waals surface area contributed by atoms with Crippen LogP contribution in [0.3, 0.4) is 0 Å². The number of aromatic nitrogens is 2. The Kier molecular flexibility index (Phi) is 4.37. The second kappa shape index (κ2) is 6.62. The minimum Gasteiger partial charge on any atom is -0.306 e. The number of fused-ring (bicyclic) bond motifs is 1. The SMILES string of the molecule is Cc1sc2nc(-c3ccc(S(N)(=O)=O)cc3)[nH]c(=O)c2c1-c1ccc(F)cc1. The average molecular weight is 415 g/mol. The molecule has 0 amide bonds. The summed E-state index contributed by atoms with van der Waals surface area (Å²) >= 11 is 1.37. The number of hydrogen-bond acceptors (Lipinski definition) is 5. The molecule has 2 heterocycles. The van der Waals surface area contributed by atoms with Crippen LogP contribution >= 0.6 is 11.3 Å². The van der Waals surface area contributed by atoms with Gasteiger partial charge in [0.15, 0.2) is 0 Å². The summed E-state index contributed by atoms with van der Waals surface area (Å²) in [5.41, 5.74) is 1.70. The van der Waals surface area contributed by atoms with E-state index in [2.05, 4.69) is 9.97 Å². The van der Waals surface area contributed by atoms with E-state index in [1.165, 1.54) is 47.7 Å². The third-order valence-electron chi connectivity index (χ3n) is 4.33. The number of hydrogen-bond donors (Lipinski definition) is 2. The van der Waals surface area contributed by atoms with Gasteiger partial charge in [0.2, 0.25) is 10.0 Å². The first kappa shape index (κ1) is 18.5. The molecular formula is C19H14FN3O3S2. The molecule has 0 radical (unpaired) electrons. The molecule has 0 spiro atoms. The first-order chi connectivity index (χ1) is 13.2. The minimum atomic E-state index is -3.80. The summed E-state index contributed by atoms with van der Waals surface area (Å²) < 4.78 is 36.0. The molecule has 4 aromatic rings. The number of benzene rings is 2. The van der Waals surface area contributed by atoms with Crippen molar-refractivity contribution in [2.45, 2.75) is 11.8 Å². The molecule has 0 saturated heterocycles. The van der Waals surface area contributed by atoms with Crippen LogP contribution in [0, 0.1) is 12.7 Å². The van der Waals surface area contributed by atoms with Gasteiger partial charge in [-0.3, -0.25) is 4.79 Å². The standard InChI is InChI=1S/C19H14FN3O3S2/c1-10-15(11-2-6-13(20)7-3-11)16-18(24)22-17(23-19(16)27-10)12-4-8-14(9-5-12)28(21,25)26/h2-9H,1H3,(H2,21,25,26)(H,22,23,24). The maximum atomic E-state index is 13.2. The first-order valence-electron chi connectivity index (χ1n) is 8.16. The molecule has 4 rings (SSSR count).